The molecule has 3 nitrogen and oxygen atoms in total. The molecule has 0 bridgehead atoms. The van der Waals surface area contributed by atoms with Crippen molar-refractivity contribution in [3.05, 3.63) is 24.3 Å². The van der Waals surface area contributed by atoms with E-state index in [2.05, 4.69) is 24.1 Å². The van der Waals surface area contributed by atoms with Crippen LogP contribution in [0.15, 0.2) is 24.3 Å². The summed E-state index contributed by atoms with van der Waals surface area (Å²) >= 11 is 0. The molecule has 2 rings (SSSR count). The van der Waals surface area contributed by atoms with Crippen LogP contribution in [-0.2, 0) is 0 Å². The van der Waals surface area contributed by atoms with Gasteiger partial charge in [-0.3, -0.25) is 0 Å². The molecule has 0 radical (unpaired) electrons. The molecule has 3 heteroatoms. The molecule has 0 atom stereocenters. The van der Waals surface area contributed by atoms with E-state index in [1.165, 1.54) is 5.69 Å². The molecule has 0 saturated heterocycles. The van der Waals surface area contributed by atoms with Gasteiger partial charge in [0.1, 0.15) is 5.75 Å². The highest BCUT2D eigenvalue weighted by Crippen LogP contribution is 2.45. The lowest BCUT2D eigenvalue weighted by Gasteiger charge is -2.24. The zero-order valence-corrected chi connectivity index (χ0v) is 11.5. The van der Waals surface area contributed by atoms with E-state index < -0.39 is 0 Å². The van der Waals surface area contributed by atoms with Gasteiger partial charge in [-0.05, 0) is 51.0 Å². The average molecular weight is 249 g/mol. The zero-order valence-electron chi connectivity index (χ0n) is 11.5. The Labute approximate surface area is 109 Å². The highest BCUT2D eigenvalue weighted by atomic mass is 16.5. The van der Waals surface area contributed by atoms with Crippen molar-refractivity contribution in [1.29, 1.82) is 0 Å². The van der Waals surface area contributed by atoms with Crippen LogP contribution in [-0.4, -0.2) is 31.4 Å². The summed E-state index contributed by atoms with van der Waals surface area (Å²) in [4.78, 5) is 2.21. The zero-order chi connectivity index (χ0) is 13.2. The molecule has 18 heavy (non-hydrogen) atoms. The SMILES string of the molecule is CC(C)Oc1ccc(N(C)CC2(CO)CC2)cc1. The molecule has 1 aliphatic rings. The van der Waals surface area contributed by atoms with Crippen LogP contribution in [0, 0.1) is 5.41 Å². The van der Waals surface area contributed by atoms with E-state index in [-0.39, 0.29) is 11.5 Å². The second kappa shape index (κ2) is 5.19. The quantitative estimate of drug-likeness (QED) is 0.841. The van der Waals surface area contributed by atoms with Crippen molar-refractivity contribution in [1.82, 2.24) is 0 Å². The number of aliphatic hydroxyl groups excluding tert-OH is 1. The molecule has 1 saturated carbocycles. The van der Waals surface area contributed by atoms with Crippen LogP contribution in [0.4, 0.5) is 5.69 Å². The molecule has 0 amide bonds. The number of ether oxygens (including phenoxy) is 1. The second-order valence-corrected chi connectivity index (χ2v) is 5.67. The summed E-state index contributed by atoms with van der Waals surface area (Å²) in [6.07, 6.45) is 2.49. The van der Waals surface area contributed by atoms with Gasteiger partial charge < -0.3 is 14.7 Å². The molecule has 100 valence electrons. The van der Waals surface area contributed by atoms with Crippen molar-refractivity contribution in [2.75, 3.05) is 25.1 Å². The van der Waals surface area contributed by atoms with E-state index in [4.69, 9.17) is 4.74 Å². The minimum Gasteiger partial charge on any atom is -0.491 e. The topological polar surface area (TPSA) is 32.7 Å². The first-order valence-electron chi connectivity index (χ1n) is 6.63. The first-order valence-corrected chi connectivity index (χ1v) is 6.63. The van der Waals surface area contributed by atoms with Crippen LogP contribution < -0.4 is 9.64 Å². The van der Waals surface area contributed by atoms with E-state index in [9.17, 15) is 5.11 Å². The third-order valence-corrected chi connectivity index (χ3v) is 3.51. The molecular weight excluding hydrogens is 226 g/mol. The maximum atomic E-state index is 9.35. The van der Waals surface area contributed by atoms with Gasteiger partial charge in [0.2, 0.25) is 0 Å². The fourth-order valence-corrected chi connectivity index (χ4v) is 2.19. The molecule has 1 fully saturated rings. The van der Waals surface area contributed by atoms with Crippen molar-refractivity contribution in [2.24, 2.45) is 5.41 Å². The van der Waals surface area contributed by atoms with E-state index >= 15 is 0 Å². The number of hydrogen-bond donors (Lipinski definition) is 1. The Morgan fingerprint density at radius 3 is 2.33 bits per heavy atom. The fraction of sp³-hybridized carbons (Fsp3) is 0.600. The van der Waals surface area contributed by atoms with Gasteiger partial charge in [-0.1, -0.05) is 0 Å². The van der Waals surface area contributed by atoms with Gasteiger partial charge in [0.25, 0.3) is 0 Å². The van der Waals surface area contributed by atoms with Gasteiger partial charge >= 0.3 is 0 Å². The normalized spacial score (nSPS) is 16.7. The van der Waals surface area contributed by atoms with Crippen LogP contribution in [0.5, 0.6) is 5.75 Å². The Hall–Kier alpha value is -1.22. The summed E-state index contributed by atoms with van der Waals surface area (Å²) in [5.74, 6) is 0.908. The highest BCUT2D eigenvalue weighted by molar-refractivity contribution is 5.48. The second-order valence-electron chi connectivity index (χ2n) is 5.67. The van der Waals surface area contributed by atoms with Crippen molar-refractivity contribution in [3.63, 3.8) is 0 Å². The average Bonchev–Trinajstić information content (AvgIpc) is 3.09. The van der Waals surface area contributed by atoms with Gasteiger partial charge in [-0.25, -0.2) is 0 Å². The summed E-state index contributed by atoms with van der Waals surface area (Å²) in [7, 11) is 2.08. The van der Waals surface area contributed by atoms with Crippen molar-refractivity contribution in [2.45, 2.75) is 32.8 Å². The van der Waals surface area contributed by atoms with Gasteiger partial charge in [-0.2, -0.15) is 0 Å². The lowest BCUT2D eigenvalue weighted by atomic mass is 10.1. The third kappa shape index (κ3) is 3.16. The lowest BCUT2D eigenvalue weighted by Crippen LogP contribution is -2.28. The van der Waals surface area contributed by atoms with Gasteiger partial charge in [-0.15, -0.1) is 0 Å². The molecule has 0 aromatic heterocycles. The maximum Gasteiger partial charge on any atom is 0.119 e. The molecule has 0 spiro atoms. The number of benzene rings is 1. The largest absolute Gasteiger partial charge is 0.491 e. The van der Waals surface area contributed by atoms with Crippen molar-refractivity contribution < 1.29 is 9.84 Å². The van der Waals surface area contributed by atoms with E-state index in [1.54, 1.807) is 0 Å². The smallest absolute Gasteiger partial charge is 0.119 e. The predicted molar refractivity (Wildman–Crippen MR) is 74.2 cm³/mol. The molecule has 1 aromatic carbocycles. The monoisotopic (exact) mass is 249 g/mol. The Morgan fingerprint density at radius 1 is 1.28 bits per heavy atom. The van der Waals surface area contributed by atoms with Crippen LogP contribution in [0.2, 0.25) is 0 Å². The summed E-state index contributed by atoms with van der Waals surface area (Å²) in [5.41, 5.74) is 1.33. The number of aliphatic hydroxyl groups is 1. The number of hydrogen-bond acceptors (Lipinski definition) is 3. The van der Waals surface area contributed by atoms with Crippen LogP contribution in [0.1, 0.15) is 26.7 Å². The first-order chi connectivity index (χ1) is 8.54. The van der Waals surface area contributed by atoms with E-state index in [0.29, 0.717) is 6.61 Å². The molecule has 0 heterocycles. The summed E-state index contributed by atoms with van der Waals surface area (Å²) < 4.78 is 5.62. The fourth-order valence-electron chi connectivity index (χ4n) is 2.19. The van der Waals surface area contributed by atoms with Gasteiger partial charge in [0.05, 0.1) is 12.7 Å². The van der Waals surface area contributed by atoms with Crippen LogP contribution in [0.25, 0.3) is 0 Å². The molecule has 1 aromatic rings. The van der Waals surface area contributed by atoms with Gasteiger partial charge in [0, 0.05) is 24.7 Å². The minimum absolute atomic E-state index is 0.155. The predicted octanol–water partition coefficient (Wildman–Crippen LogP) is 2.68. The highest BCUT2D eigenvalue weighted by Gasteiger charge is 2.42. The molecule has 0 aliphatic heterocycles. The molecule has 1 N–H and O–H groups in total. The minimum atomic E-state index is 0.155. The first kappa shape index (κ1) is 13.2. The van der Waals surface area contributed by atoms with Crippen molar-refractivity contribution >= 4 is 5.69 Å². The van der Waals surface area contributed by atoms with E-state index in [0.717, 1.165) is 25.1 Å². The van der Waals surface area contributed by atoms with Gasteiger partial charge in [0.15, 0.2) is 0 Å². The Morgan fingerprint density at radius 2 is 1.89 bits per heavy atom. The Balaban J connectivity index is 1.96. The molecule has 1 aliphatic carbocycles. The standard InChI is InChI=1S/C15H23NO2/c1-12(2)18-14-6-4-13(5-7-14)16(3)10-15(11-17)8-9-15/h4-7,12,17H,8-11H2,1-3H3. The maximum absolute atomic E-state index is 9.35. The third-order valence-electron chi connectivity index (χ3n) is 3.51. The molecular formula is C15H23NO2. The summed E-state index contributed by atoms with van der Waals surface area (Å²) in [6.45, 7) is 5.27. The number of anilines is 1. The van der Waals surface area contributed by atoms with Crippen molar-refractivity contribution in [3.8, 4) is 5.75 Å². The lowest BCUT2D eigenvalue weighted by molar-refractivity contribution is 0.215. The summed E-state index contributed by atoms with van der Waals surface area (Å²) in [6, 6.07) is 8.16. The molecule has 0 unspecified atom stereocenters. The number of nitrogens with zero attached hydrogens (tertiary/aromatic N) is 1. The summed E-state index contributed by atoms with van der Waals surface area (Å²) in [5, 5.41) is 9.35. The Bertz CT molecular complexity index is 382. The number of rotatable bonds is 6. The van der Waals surface area contributed by atoms with E-state index in [1.807, 2.05) is 26.0 Å². The van der Waals surface area contributed by atoms with Crippen LogP contribution in [0.3, 0.4) is 0 Å². The van der Waals surface area contributed by atoms with Crippen LogP contribution >= 0.6 is 0 Å². The Kier molecular flexibility index (Phi) is 3.81.